The van der Waals surface area contributed by atoms with Crippen molar-refractivity contribution in [1.29, 1.82) is 0 Å². The summed E-state index contributed by atoms with van der Waals surface area (Å²) in [7, 11) is 0. The van der Waals surface area contributed by atoms with Crippen LogP contribution in [0.2, 0.25) is 0 Å². The van der Waals surface area contributed by atoms with Gasteiger partial charge in [-0.25, -0.2) is 13.8 Å². The van der Waals surface area contributed by atoms with Gasteiger partial charge in [-0.1, -0.05) is 0 Å². The molecule has 0 aromatic carbocycles. The summed E-state index contributed by atoms with van der Waals surface area (Å²) >= 11 is 3.36. The number of hydrogen-bond donors (Lipinski definition) is 1. The number of piperidine rings is 1. The first kappa shape index (κ1) is 11.3. The van der Waals surface area contributed by atoms with Crippen LogP contribution in [0.1, 0.15) is 5.56 Å². The summed E-state index contributed by atoms with van der Waals surface area (Å²) < 4.78 is 26.9. The van der Waals surface area contributed by atoms with Crippen LogP contribution in [0.5, 0.6) is 0 Å². The van der Waals surface area contributed by atoms with Crippen LogP contribution in [0.25, 0.3) is 0 Å². The number of aliphatic hydroxyl groups excluding tert-OH is 1. The number of alkyl halides is 2. The third-order valence-electron chi connectivity index (χ3n) is 3.56. The summed E-state index contributed by atoms with van der Waals surface area (Å²) in [6, 6.07) is 1.77. The average molecular weight is 305 g/mol. The van der Waals surface area contributed by atoms with E-state index in [4.69, 9.17) is 5.11 Å². The van der Waals surface area contributed by atoms with Crippen LogP contribution < -0.4 is 4.90 Å². The zero-order valence-corrected chi connectivity index (χ0v) is 10.5. The second-order valence-electron chi connectivity index (χ2n) is 4.60. The second-order valence-corrected chi connectivity index (χ2v) is 5.45. The van der Waals surface area contributed by atoms with Gasteiger partial charge in [0.25, 0.3) is 5.92 Å². The topological polar surface area (TPSA) is 36.4 Å². The number of aliphatic hydroxyl groups is 1. The van der Waals surface area contributed by atoms with Crippen molar-refractivity contribution in [2.45, 2.75) is 12.5 Å². The van der Waals surface area contributed by atoms with E-state index in [2.05, 4.69) is 20.9 Å². The van der Waals surface area contributed by atoms with E-state index < -0.39 is 17.8 Å². The first-order chi connectivity index (χ1) is 8.04. The number of pyridine rings is 1. The Balaban J connectivity index is 1.79. The van der Waals surface area contributed by atoms with Crippen molar-refractivity contribution in [2.75, 3.05) is 18.0 Å². The lowest BCUT2D eigenvalue weighted by Crippen LogP contribution is -2.28. The Kier molecular flexibility index (Phi) is 2.42. The fourth-order valence-corrected chi connectivity index (χ4v) is 3.12. The number of hydrogen-bond acceptors (Lipinski definition) is 3. The second kappa shape index (κ2) is 3.62. The van der Waals surface area contributed by atoms with Crippen LogP contribution in [-0.4, -0.2) is 29.1 Å². The molecule has 0 radical (unpaired) electrons. The summed E-state index contributed by atoms with van der Waals surface area (Å²) in [6.07, 6.45) is 1.57. The first-order valence-electron chi connectivity index (χ1n) is 5.42. The van der Waals surface area contributed by atoms with Gasteiger partial charge in [0.05, 0.1) is 22.9 Å². The molecule has 92 valence electrons. The quantitative estimate of drug-likeness (QED) is 0.908. The van der Waals surface area contributed by atoms with Gasteiger partial charge in [0.2, 0.25) is 0 Å². The highest BCUT2D eigenvalue weighted by molar-refractivity contribution is 9.10. The predicted octanol–water partition coefficient (Wildman–Crippen LogP) is 2.04. The van der Waals surface area contributed by atoms with Crippen LogP contribution in [0.4, 0.5) is 14.6 Å². The molecule has 2 heterocycles. The third-order valence-corrected chi connectivity index (χ3v) is 4.14. The van der Waals surface area contributed by atoms with Gasteiger partial charge < -0.3 is 10.0 Å². The van der Waals surface area contributed by atoms with Gasteiger partial charge in [0, 0.05) is 19.3 Å². The summed E-state index contributed by atoms with van der Waals surface area (Å²) in [5, 5.41) is 8.96. The molecule has 2 unspecified atom stereocenters. The number of nitrogens with zero attached hydrogens (tertiary/aromatic N) is 2. The highest BCUT2D eigenvalue weighted by Crippen LogP contribution is 2.59. The van der Waals surface area contributed by atoms with E-state index in [1.807, 2.05) is 4.90 Å². The molecule has 1 aromatic rings. The maximum Gasteiger partial charge on any atom is 0.258 e. The molecule has 0 amide bonds. The van der Waals surface area contributed by atoms with Gasteiger partial charge >= 0.3 is 0 Å². The first-order valence-corrected chi connectivity index (χ1v) is 6.21. The molecule has 1 aromatic heterocycles. The Bertz CT molecular complexity index is 455. The minimum atomic E-state index is -2.46. The molecule has 3 rings (SSSR count). The van der Waals surface area contributed by atoms with Crippen LogP contribution in [-0.2, 0) is 6.61 Å². The zero-order chi connectivity index (χ0) is 12.2. The molecule has 1 saturated heterocycles. The van der Waals surface area contributed by atoms with Crippen LogP contribution >= 0.6 is 15.9 Å². The van der Waals surface area contributed by atoms with E-state index in [0.29, 0.717) is 24.5 Å². The van der Waals surface area contributed by atoms with Crippen molar-refractivity contribution in [3.8, 4) is 0 Å². The van der Waals surface area contributed by atoms with E-state index in [1.165, 1.54) is 0 Å². The molecule has 0 spiro atoms. The molecular formula is C11H11BrF2N2O. The molecule has 0 bridgehead atoms. The highest BCUT2D eigenvalue weighted by Gasteiger charge is 2.71. The van der Waals surface area contributed by atoms with Crippen molar-refractivity contribution in [1.82, 2.24) is 4.98 Å². The number of halogens is 3. The van der Waals surface area contributed by atoms with Crippen LogP contribution in [0, 0.1) is 11.8 Å². The number of anilines is 1. The molecule has 17 heavy (non-hydrogen) atoms. The van der Waals surface area contributed by atoms with E-state index in [1.54, 1.807) is 12.3 Å². The van der Waals surface area contributed by atoms with Crippen molar-refractivity contribution in [3.63, 3.8) is 0 Å². The number of fused-ring (bicyclic) bond motifs is 1. The average Bonchev–Trinajstić information content (AvgIpc) is 2.70. The van der Waals surface area contributed by atoms with E-state index >= 15 is 0 Å². The van der Waals surface area contributed by atoms with Crippen molar-refractivity contribution < 1.29 is 13.9 Å². The molecule has 1 aliphatic carbocycles. The molecule has 2 aliphatic rings. The van der Waals surface area contributed by atoms with Gasteiger partial charge in [-0.15, -0.1) is 0 Å². The van der Waals surface area contributed by atoms with Crippen molar-refractivity contribution in [3.05, 3.63) is 22.3 Å². The fourth-order valence-electron chi connectivity index (χ4n) is 2.47. The molecule has 2 atom stereocenters. The zero-order valence-electron chi connectivity index (χ0n) is 8.91. The van der Waals surface area contributed by atoms with Gasteiger partial charge in [0.15, 0.2) is 0 Å². The Labute approximate surface area is 106 Å². The predicted molar refractivity (Wildman–Crippen MR) is 62.0 cm³/mol. The molecular weight excluding hydrogens is 294 g/mol. The van der Waals surface area contributed by atoms with Crippen LogP contribution in [0.3, 0.4) is 0 Å². The minimum absolute atomic E-state index is 0.0742. The molecule has 1 saturated carbocycles. The summed E-state index contributed by atoms with van der Waals surface area (Å²) in [5.74, 6) is -2.79. The lowest BCUT2D eigenvalue weighted by Gasteiger charge is -2.22. The number of rotatable bonds is 2. The van der Waals surface area contributed by atoms with E-state index in [0.717, 1.165) is 4.47 Å². The fraction of sp³-hybridized carbons (Fsp3) is 0.545. The maximum absolute atomic E-state index is 13.1. The van der Waals surface area contributed by atoms with Gasteiger partial charge in [-0.2, -0.15) is 0 Å². The van der Waals surface area contributed by atoms with Crippen molar-refractivity contribution in [2.24, 2.45) is 11.8 Å². The molecule has 1 aliphatic heterocycles. The van der Waals surface area contributed by atoms with E-state index in [9.17, 15) is 8.78 Å². The summed E-state index contributed by atoms with van der Waals surface area (Å²) in [4.78, 5) is 6.08. The smallest absolute Gasteiger partial charge is 0.258 e. The van der Waals surface area contributed by atoms with Crippen molar-refractivity contribution >= 4 is 21.7 Å². The van der Waals surface area contributed by atoms with Gasteiger partial charge in [-0.05, 0) is 27.6 Å². The lowest BCUT2D eigenvalue weighted by molar-refractivity contribution is 0.0797. The summed E-state index contributed by atoms with van der Waals surface area (Å²) in [5.41, 5.74) is 0.704. The highest BCUT2D eigenvalue weighted by atomic mass is 79.9. The molecule has 6 heteroatoms. The van der Waals surface area contributed by atoms with E-state index in [-0.39, 0.29) is 6.61 Å². The largest absolute Gasteiger partial charge is 0.392 e. The Morgan fingerprint density at radius 2 is 2.12 bits per heavy atom. The normalized spacial score (nSPS) is 29.3. The van der Waals surface area contributed by atoms with Gasteiger partial charge in [-0.3, -0.25) is 0 Å². The number of aromatic nitrogens is 1. The van der Waals surface area contributed by atoms with Crippen LogP contribution in [0.15, 0.2) is 16.7 Å². The standard InChI is InChI=1S/C11H11BrF2N2O/c12-9-1-6(5-17)2-15-10(9)16-3-7-8(4-16)11(7,13)14/h1-2,7-8,17H,3-5H2. The lowest BCUT2D eigenvalue weighted by atomic mass is 10.3. The Hall–Kier alpha value is -0.750. The molecule has 2 fully saturated rings. The molecule has 3 nitrogen and oxygen atoms in total. The SMILES string of the molecule is OCc1cnc(N2CC3C(C2)C3(F)F)c(Br)c1. The maximum atomic E-state index is 13.1. The summed E-state index contributed by atoms with van der Waals surface area (Å²) in [6.45, 7) is 0.651. The monoisotopic (exact) mass is 304 g/mol. The molecule has 1 N–H and O–H groups in total. The Morgan fingerprint density at radius 1 is 1.47 bits per heavy atom. The minimum Gasteiger partial charge on any atom is -0.392 e. The Morgan fingerprint density at radius 3 is 2.65 bits per heavy atom. The third kappa shape index (κ3) is 1.65. The van der Waals surface area contributed by atoms with Gasteiger partial charge in [0.1, 0.15) is 5.82 Å².